The summed E-state index contributed by atoms with van der Waals surface area (Å²) in [4.78, 5) is 11.4. The fourth-order valence-corrected chi connectivity index (χ4v) is 2.03. The molecule has 0 amide bonds. The summed E-state index contributed by atoms with van der Waals surface area (Å²) in [5.41, 5.74) is 4.22. The van der Waals surface area contributed by atoms with Gasteiger partial charge in [-0.1, -0.05) is 54.1 Å². The van der Waals surface area contributed by atoms with E-state index in [1.165, 1.54) is 5.56 Å². The summed E-state index contributed by atoms with van der Waals surface area (Å²) >= 11 is 0. The van der Waals surface area contributed by atoms with E-state index in [9.17, 15) is 9.90 Å². The van der Waals surface area contributed by atoms with Crippen LogP contribution in [0.2, 0.25) is 0 Å². The van der Waals surface area contributed by atoms with Gasteiger partial charge in [0.1, 0.15) is 0 Å². The van der Waals surface area contributed by atoms with E-state index in [1.807, 2.05) is 56.3 Å². The van der Waals surface area contributed by atoms with Crippen LogP contribution in [0.3, 0.4) is 0 Å². The summed E-state index contributed by atoms with van der Waals surface area (Å²) < 4.78 is 0. The van der Waals surface area contributed by atoms with Gasteiger partial charge < -0.3 is 5.11 Å². The Morgan fingerprint density at radius 2 is 1.74 bits per heavy atom. The SMILES string of the molecule is Cc1ccc(/C=C(\C(=O)O)c2ccccc2)c(C)c1. The lowest BCUT2D eigenvalue weighted by Crippen LogP contribution is -1.99. The zero-order chi connectivity index (χ0) is 13.8. The number of carbonyl (C=O) groups is 1. The third-order valence-electron chi connectivity index (χ3n) is 3.04. The zero-order valence-electron chi connectivity index (χ0n) is 11.1. The Balaban J connectivity index is 2.51. The largest absolute Gasteiger partial charge is 0.478 e. The fraction of sp³-hybridized carbons (Fsp3) is 0.118. The molecule has 0 aliphatic carbocycles. The van der Waals surface area contributed by atoms with E-state index in [0.29, 0.717) is 5.57 Å². The summed E-state index contributed by atoms with van der Waals surface area (Å²) in [6.07, 6.45) is 1.73. The van der Waals surface area contributed by atoms with Crippen LogP contribution in [0.4, 0.5) is 0 Å². The molecule has 0 aliphatic heterocycles. The Morgan fingerprint density at radius 1 is 1.05 bits per heavy atom. The molecule has 0 atom stereocenters. The predicted molar refractivity (Wildman–Crippen MR) is 77.9 cm³/mol. The minimum Gasteiger partial charge on any atom is -0.478 e. The smallest absolute Gasteiger partial charge is 0.336 e. The Morgan fingerprint density at radius 3 is 2.32 bits per heavy atom. The summed E-state index contributed by atoms with van der Waals surface area (Å²) in [6.45, 7) is 4.01. The van der Waals surface area contributed by atoms with E-state index in [0.717, 1.165) is 16.7 Å². The first-order chi connectivity index (χ1) is 9.08. The van der Waals surface area contributed by atoms with E-state index in [-0.39, 0.29) is 0 Å². The Bertz CT molecular complexity index is 625. The van der Waals surface area contributed by atoms with E-state index in [1.54, 1.807) is 6.08 Å². The maximum absolute atomic E-state index is 11.4. The van der Waals surface area contributed by atoms with E-state index in [2.05, 4.69) is 6.07 Å². The third-order valence-corrected chi connectivity index (χ3v) is 3.04. The molecule has 2 aromatic rings. The lowest BCUT2D eigenvalue weighted by Gasteiger charge is -2.06. The molecule has 0 radical (unpaired) electrons. The molecule has 0 spiro atoms. The average molecular weight is 252 g/mol. The number of hydrogen-bond acceptors (Lipinski definition) is 1. The standard InChI is InChI=1S/C17H16O2/c1-12-8-9-15(13(2)10-12)11-16(17(18)19)14-6-4-3-5-7-14/h3-11H,1-2H3,(H,18,19)/b16-11-. The molecule has 2 nitrogen and oxygen atoms in total. The molecular formula is C17H16O2. The van der Waals surface area contributed by atoms with Gasteiger partial charge in [0.25, 0.3) is 0 Å². The van der Waals surface area contributed by atoms with Gasteiger partial charge in [0.2, 0.25) is 0 Å². The second-order valence-corrected chi connectivity index (χ2v) is 4.59. The second-order valence-electron chi connectivity index (χ2n) is 4.59. The van der Waals surface area contributed by atoms with Crippen molar-refractivity contribution in [3.8, 4) is 0 Å². The van der Waals surface area contributed by atoms with Crippen LogP contribution < -0.4 is 0 Å². The summed E-state index contributed by atoms with van der Waals surface area (Å²) in [7, 11) is 0. The molecule has 0 heterocycles. The van der Waals surface area contributed by atoms with Crippen LogP contribution >= 0.6 is 0 Å². The summed E-state index contributed by atoms with van der Waals surface area (Å²) in [5, 5.41) is 9.37. The van der Waals surface area contributed by atoms with Crippen LogP contribution in [0.5, 0.6) is 0 Å². The Kier molecular flexibility index (Phi) is 3.81. The number of aliphatic carboxylic acids is 1. The van der Waals surface area contributed by atoms with Gasteiger partial charge in [-0.05, 0) is 36.6 Å². The first-order valence-corrected chi connectivity index (χ1v) is 6.15. The van der Waals surface area contributed by atoms with Crippen molar-refractivity contribution in [1.29, 1.82) is 0 Å². The van der Waals surface area contributed by atoms with E-state index < -0.39 is 5.97 Å². The highest BCUT2D eigenvalue weighted by molar-refractivity contribution is 6.20. The molecule has 0 bridgehead atoms. The van der Waals surface area contributed by atoms with Gasteiger partial charge in [-0.3, -0.25) is 0 Å². The number of carboxylic acid groups (broad SMARTS) is 1. The normalized spacial score (nSPS) is 11.4. The summed E-state index contributed by atoms with van der Waals surface area (Å²) in [6, 6.07) is 15.2. The van der Waals surface area contributed by atoms with Gasteiger partial charge >= 0.3 is 5.97 Å². The van der Waals surface area contributed by atoms with Crippen LogP contribution in [0, 0.1) is 13.8 Å². The number of aryl methyl sites for hydroxylation is 2. The molecule has 0 unspecified atom stereocenters. The maximum atomic E-state index is 11.4. The van der Waals surface area contributed by atoms with Gasteiger partial charge in [-0.15, -0.1) is 0 Å². The molecule has 2 aromatic carbocycles. The number of hydrogen-bond donors (Lipinski definition) is 1. The molecule has 0 saturated heterocycles. The van der Waals surface area contributed by atoms with Crippen molar-refractivity contribution in [2.75, 3.05) is 0 Å². The van der Waals surface area contributed by atoms with Crippen LogP contribution in [-0.4, -0.2) is 11.1 Å². The van der Waals surface area contributed by atoms with Gasteiger partial charge in [-0.2, -0.15) is 0 Å². The minimum atomic E-state index is -0.911. The Hall–Kier alpha value is -2.35. The monoisotopic (exact) mass is 252 g/mol. The molecule has 0 fully saturated rings. The molecule has 0 aromatic heterocycles. The third kappa shape index (κ3) is 3.10. The van der Waals surface area contributed by atoms with Crippen molar-refractivity contribution >= 4 is 17.6 Å². The first kappa shape index (κ1) is 13.1. The van der Waals surface area contributed by atoms with Crippen molar-refractivity contribution in [3.05, 3.63) is 70.8 Å². The van der Waals surface area contributed by atoms with Crippen LogP contribution in [-0.2, 0) is 4.79 Å². The number of benzene rings is 2. The zero-order valence-corrected chi connectivity index (χ0v) is 11.1. The van der Waals surface area contributed by atoms with Gasteiger partial charge in [0, 0.05) is 0 Å². The van der Waals surface area contributed by atoms with Crippen LogP contribution in [0.15, 0.2) is 48.5 Å². The van der Waals surface area contributed by atoms with Gasteiger partial charge in [0.15, 0.2) is 0 Å². The highest BCUT2D eigenvalue weighted by Gasteiger charge is 2.10. The highest BCUT2D eigenvalue weighted by atomic mass is 16.4. The van der Waals surface area contributed by atoms with Crippen molar-refractivity contribution in [3.63, 3.8) is 0 Å². The van der Waals surface area contributed by atoms with Gasteiger partial charge in [0.05, 0.1) is 5.57 Å². The van der Waals surface area contributed by atoms with Crippen molar-refractivity contribution in [2.24, 2.45) is 0 Å². The van der Waals surface area contributed by atoms with Crippen LogP contribution in [0.25, 0.3) is 11.6 Å². The highest BCUT2D eigenvalue weighted by Crippen LogP contribution is 2.21. The predicted octanol–water partition coefficient (Wildman–Crippen LogP) is 3.93. The lowest BCUT2D eigenvalue weighted by molar-refractivity contribution is -0.130. The second kappa shape index (κ2) is 5.53. The number of rotatable bonds is 3. The molecule has 0 saturated carbocycles. The number of carboxylic acids is 1. The quantitative estimate of drug-likeness (QED) is 0.664. The van der Waals surface area contributed by atoms with Crippen molar-refractivity contribution in [2.45, 2.75) is 13.8 Å². The average Bonchev–Trinajstić information content (AvgIpc) is 2.38. The van der Waals surface area contributed by atoms with Crippen LogP contribution in [0.1, 0.15) is 22.3 Å². The molecule has 1 N–H and O–H groups in total. The molecule has 0 aliphatic rings. The van der Waals surface area contributed by atoms with Crippen molar-refractivity contribution in [1.82, 2.24) is 0 Å². The lowest BCUT2D eigenvalue weighted by atomic mass is 9.99. The molecule has 19 heavy (non-hydrogen) atoms. The topological polar surface area (TPSA) is 37.3 Å². The molecule has 2 heteroatoms. The Labute approximate surface area is 113 Å². The van der Waals surface area contributed by atoms with Gasteiger partial charge in [-0.25, -0.2) is 4.79 Å². The molecule has 96 valence electrons. The van der Waals surface area contributed by atoms with E-state index >= 15 is 0 Å². The first-order valence-electron chi connectivity index (χ1n) is 6.15. The maximum Gasteiger partial charge on any atom is 0.336 e. The molecular weight excluding hydrogens is 236 g/mol. The minimum absolute atomic E-state index is 0.313. The van der Waals surface area contributed by atoms with Crippen molar-refractivity contribution < 1.29 is 9.90 Å². The fourth-order valence-electron chi connectivity index (χ4n) is 2.03. The van der Waals surface area contributed by atoms with E-state index in [4.69, 9.17) is 0 Å². The summed E-state index contributed by atoms with van der Waals surface area (Å²) in [5.74, 6) is -0.911. The molecule has 2 rings (SSSR count).